The molecule has 6 nitrogen and oxygen atoms in total. The molecule has 0 bridgehead atoms. The Morgan fingerprint density at radius 1 is 1.11 bits per heavy atom. The maximum absolute atomic E-state index is 14.8. The topological polar surface area (TPSA) is 87.3 Å². The second kappa shape index (κ2) is 9.83. The van der Waals surface area contributed by atoms with Crippen molar-refractivity contribution in [3.63, 3.8) is 0 Å². The summed E-state index contributed by atoms with van der Waals surface area (Å²) in [5, 5.41) is 13.3. The lowest BCUT2D eigenvalue weighted by Gasteiger charge is -2.37. The number of halogens is 3. The molecule has 1 fully saturated rings. The molecule has 35 heavy (non-hydrogen) atoms. The van der Waals surface area contributed by atoms with E-state index in [4.69, 9.17) is 5.73 Å². The van der Waals surface area contributed by atoms with Crippen LogP contribution in [0.3, 0.4) is 0 Å². The first-order chi connectivity index (χ1) is 16.5. The minimum Gasteiger partial charge on any atom is -0.386 e. The van der Waals surface area contributed by atoms with E-state index in [1.807, 2.05) is 6.07 Å². The van der Waals surface area contributed by atoms with E-state index in [0.29, 0.717) is 11.6 Å². The van der Waals surface area contributed by atoms with Gasteiger partial charge in [-0.15, -0.1) is 0 Å². The monoisotopic (exact) mass is 485 g/mol. The van der Waals surface area contributed by atoms with Crippen molar-refractivity contribution in [3.8, 4) is 11.3 Å². The third kappa shape index (κ3) is 5.57. The summed E-state index contributed by atoms with van der Waals surface area (Å²) in [6.07, 6.45) is 4.37. The van der Waals surface area contributed by atoms with Gasteiger partial charge in [0.1, 0.15) is 23.1 Å². The Bertz CT molecular complexity index is 1180. The van der Waals surface area contributed by atoms with Gasteiger partial charge in [0.15, 0.2) is 0 Å². The molecule has 0 amide bonds. The number of nitrogens with one attached hydrogen (secondary N) is 1. The van der Waals surface area contributed by atoms with E-state index < -0.39 is 34.3 Å². The quantitative estimate of drug-likeness (QED) is 0.474. The largest absolute Gasteiger partial charge is 0.386 e. The van der Waals surface area contributed by atoms with Crippen molar-refractivity contribution in [3.05, 3.63) is 71.4 Å². The molecular formula is C26H30F3N5O. The van der Waals surface area contributed by atoms with Crippen LogP contribution in [0.1, 0.15) is 38.4 Å². The van der Waals surface area contributed by atoms with Crippen LogP contribution in [-0.2, 0) is 12.1 Å². The summed E-state index contributed by atoms with van der Waals surface area (Å²) in [6.45, 7) is 6.77. The van der Waals surface area contributed by atoms with Gasteiger partial charge in [-0.05, 0) is 62.1 Å². The highest BCUT2D eigenvalue weighted by molar-refractivity contribution is 5.69. The number of nitrogens with two attached hydrogens (primary N) is 1. The lowest BCUT2D eigenvalue weighted by atomic mass is 9.95. The normalized spacial score (nSPS) is 18.6. The Labute approximate surface area is 203 Å². The minimum atomic E-state index is -1.45. The van der Waals surface area contributed by atoms with Gasteiger partial charge in [0.05, 0.1) is 41.0 Å². The van der Waals surface area contributed by atoms with Gasteiger partial charge in [-0.25, -0.2) is 18.2 Å². The molecule has 0 radical (unpaired) electrons. The summed E-state index contributed by atoms with van der Waals surface area (Å²) in [7, 11) is 0. The molecule has 1 aliphatic heterocycles. The van der Waals surface area contributed by atoms with Gasteiger partial charge in [-0.3, -0.25) is 4.98 Å². The van der Waals surface area contributed by atoms with Gasteiger partial charge in [-0.1, -0.05) is 6.92 Å². The average molecular weight is 486 g/mol. The molecule has 186 valence electrons. The summed E-state index contributed by atoms with van der Waals surface area (Å²) < 4.78 is 44.2. The predicted octanol–water partition coefficient (Wildman–Crippen LogP) is 4.57. The van der Waals surface area contributed by atoms with Crippen LogP contribution in [0.15, 0.2) is 42.7 Å². The SMILES string of the molecule is CC1CC(N)CN(c2ccncc2NCc2ccc(F)c(-c3c(F)cc(C(C)(C)O)cc3F)n2)C1. The molecule has 4 N–H and O–H groups in total. The Kier molecular flexibility index (Phi) is 7.00. The van der Waals surface area contributed by atoms with Crippen molar-refractivity contribution in [2.24, 2.45) is 11.7 Å². The summed E-state index contributed by atoms with van der Waals surface area (Å²) in [5.41, 5.74) is 5.91. The molecule has 1 saturated heterocycles. The molecule has 3 aromatic rings. The molecule has 1 aromatic carbocycles. The number of anilines is 2. The molecule has 1 aliphatic rings. The lowest BCUT2D eigenvalue weighted by Crippen LogP contribution is -2.46. The zero-order valence-corrected chi connectivity index (χ0v) is 20.0. The fourth-order valence-electron chi connectivity index (χ4n) is 4.49. The Balaban J connectivity index is 1.59. The molecule has 9 heteroatoms. The maximum Gasteiger partial charge on any atom is 0.149 e. The zero-order chi connectivity index (χ0) is 25.3. The summed E-state index contributed by atoms with van der Waals surface area (Å²) in [6, 6.07) is 6.58. The summed E-state index contributed by atoms with van der Waals surface area (Å²) in [4.78, 5) is 10.6. The number of benzene rings is 1. The molecular weight excluding hydrogens is 455 g/mol. The van der Waals surface area contributed by atoms with Crippen LogP contribution in [0.25, 0.3) is 11.3 Å². The number of piperidine rings is 1. The molecule has 0 saturated carbocycles. The van der Waals surface area contributed by atoms with E-state index >= 15 is 0 Å². The highest BCUT2D eigenvalue weighted by Gasteiger charge is 2.25. The number of hydrogen-bond donors (Lipinski definition) is 3. The van der Waals surface area contributed by atoms with E-state index in [1.54, 1.807) is 12.4 Å². The first-order valence-electron chi connectivity index (χ1n) is 11.6. The van der Waals surface area contributed by atoms with Crippen LogP contribution in [0, 0.1) is 23.4 Å². The van der Waals surface area contributed by atoms with Gasteiger partial charge < -0.3 is 21.1 Å². The molecule has 0 aliphatic carbocycles. The van der Waals surface area contributed by atoms with Crippen LogP contribution >= 0.6 is 0 Å². The predicted molar refractivity (Wildman–Crippen MR) is 130 cm³/mol. The zero-order valence-electron chi connectivity index (χ0n) is 20.0. The fourth-order valence-corrected chi connectivity index (χ4v) is 4.49. The smallest absolute Gasteiger partial charge is 0.149 e. The maximum atomic E-state index is 14.8. The molecule has 2 aromatic heterocycles. The van der Waals surface area contributed by atoms with Crippen LogP contribution in [-0.4, -0.2) is 34.2 Å². The van der Waals surface area contributed by atoms with Gasteiger partial charge in [0, 0.05) is 25.3 Å². The number of hydrogen-bond acceptors (Lipinski definition) is 6. The number of nitrogens with zero attached hydrogens (tertiary/aromatic N) is 3. The average Bonchev–Trinajstić information content (AvgIpc) is 2.78. The van der Waals surface area contributed by atoms with E-state index in [1.165, 1.54) is 19.9 Å². The Morgan fingerprint density at radius 3 is 2.49 bits per heavy atom. The molecule has 0 spiro atoms. The van der Waals surface area contributed by atoms with Gasteiger partial charge in [-0.2, -0.15) is 0 Å². The second-order valence-electron chi connectivity index (χ2n) is 9.76. The van der Waals surface area contributed by atoms with Crippen molar-refractivity contribution in [1.82, 2.24) is 9.97 Å². The van der Waals surface area contributed by atoms with Gasteiger partial charge >= 0.3 is 0 Å². The van der Waals surface area contributed by atoms with Crippen LogP contribution in [0.5, 0.6) is 0 Å². The third-order valence-corrected chi connectivity index (χ3v) is 6.18. The van der Waals surface area contributed by atoms with Crippen molar-refractivity contribution >= 4 is 11.4 Å². The van der Waals surface area contributed by atoms with Crippen molar-refractivity contribution in [2.45, 2.75) is 45.4 Å². The van der Waals surface area contributed by atoms with Gasteiger partial charge in [0.2, 0.25) is 0 Å². The van der Waals surface area contributed by atoms with Crippen molar-refractivity contribution in [1.29, 1.82) is 0 Å². The standard InChI is InChI=1S/C26H30F3N5O/c1-15-8-17(30)14-34(13-15)23-6-7-31-12-22(23)32-11-18-4-5-19(27)25(33-18)24-20(28)9-16(10-21(24)29)26(2,3)35/h4-7,9-10,12,15,17,32,35H,8,11,13-14,30H2,1-3H3. The molecule has 2 atom stereocenters. The first-order valence-corrected chi connectivity index (χ1v) is 11.6. The molecule has 3 heterocycles. The Morgan fingerprint density at radius 2 is 1.83 bits per heavy atom. The van der Waals surface area contributed by atoms with Crippen LogP contribution < -0.4 is 16.0 Å². The van der Waals surface area contributed by atoms with E-state index in [0.717, 1.165) is 49.1 Å². The van der Waals surface area contributed by atoms with E-state index in [9.17, 15) is 18.3 Å². The van der Waals surface area contributed by atoms with Gasteiger partial charge in [0.25, 0.3) is 0 Å². The fraction of sp³-hybridized carbons (Fsp3) is 0.385. The highest BCUT2D eigenvalue weighted by Crippen LogP contribution is 2.32. The first kappa shape index (κ1) is 24.9. The minimum absolute atomic E-state index is 0.0466. The molecule has 4 rings (SSSR count). The summed E-state index contributed by atoms with van der Waals surface area (Å²) >= 11 is 0. The van der Waals surface area contributed by atoms with E-state index in [-0.39, 0.29) is 18.2 Å². The number of aromatic nitrogens is 2. The number of aliphatic hydroxyl groups is 1. The second-order valence-corrected chi connectivity index (χ2v) is 9.76. The van der Waals surface area contributed by atoms with Crippen LogP contribution in [0.4, 0.5) is 24.5 Å². The van der Waals surface area contributed by atoms with E-state index in [2.05, 4.69) is 27.1 Å². The number of rotatable bonds is 6. The Hall–Kier alpha value is -3.17. The van der Waals surface area contributed by atoms with Crippen LogP contribution in [0.2, 0.25) is 0 Å². The molecule has 2 unspecified atom stereocenters. The highest BCUT2D eigenvalue weighted by atomic mass is 19.1. The third-order valence-electron chi connectivity index (χ3n) is 6.18. The summed E-state index contributed by atoms with van der Waals surface area (Å²) in [5.74, 6) is -2.39. The lowest BCUT2D eigenvalue weighted by molar-refractivity contribution is 0.0779. The van der Waals surface area contributed by atoms with Crippen molar-refractivity contribution < 1.29 is 18.3 Å². The van der Waals surface area contributed by atoms with Crippen molar-refractivity contribution in [2.75, 3.05) is 23.3 Å². The number of pyridine rings is 2.